The second-order valence-corrected chi connectivity index (χ2v) is 6.54. The summed E-state index contributed by atoms with van der Waals surface area (Å²) in [6, 6.07) is 12.5. The summed E-state index contributed by atoms with van der Waals surface area (Å²) in [4.78, 5) is 9.08. The van der Waals surface area contributed by atoms with E-state index in [0.717, 1.165) is 34.9 Å². The van der Waals surface area contributed by atoms with Crippen molar-refractivity contribution < 1.29 is 4.39 Å². The van der Waals surface area contributed by atoms with Crippen LogP contribution in [-0.4, -0.2) is 27.3 Å². The summed E-state index contributed by atoms with van der Waals surface area (Å²) in [5, 5.41) is 10.9. The van der Waals surface area contributed by atoms with Crippen molar-refractivity contribution in [1.82, 2.24) is 25.4 Å². The van der Waals surface area contributed by atoms with E-state index in [1.165, 1.54) is 12.1 Å². The van der Waals surface area contributed by atoms with Crippen LogP contribution < -0.4 is 10.6 Å². The number of aliphatic imine (C=N–C) groups is 1. The van der Waals surface area contributed by atoms with Crippen LogP contribution in [0.25, 0.3) is 5.82 Å². The molecule has 0 amide bonds. The molecule has 6 nitrogen and oxygen atoms in total. The molecule has 0 unspecified atom stereocenters. The van der Waals surface area contributed by atoms with Crippen LogP contribution in [0.5, 0.6) is 0 Å². The van der Waals surface area contributed by atoms with Crippen molar-refractivity contribution in [2.24, 2.45) is 4.99 Å². The van der Waals surface area contributed by atoms with Gasteiger partial charge in [0.25, 0.3) is 0 Å². The molecule has 0 fully saturated rings. The van der Waals surface area contributed by atoms with Crippen molar-refractivity contribution in [3.8, 4) is 5.82 Å². The molecule has 0 atom stereocenters. The van der Waals surface area contributed by atoms with Crippen molar-refractivity contribution in [2.75, 3.05) is 6.54 Å². The van der Waals surface area contributed by atoms with E-state index < -0.39 is 0 Å². The van der Waals surface area contributed by atoms with E-state index in [2.05, 4.69) is 25.7 Å². The number of benzene rings is 1. The van der Waals surface area contributed by atoms with Gasteiger partial charge in [-0.1, -0.05) is 18.2 Å². The largest absolute Gasteiger partial charge is 0.357 e. The van der Waals surface area contributed by atoms with Crippen molar-refractivity contribution in [1.29, 1.82) is 0 Å². The fourth-order valence-corrected chi connectivity index (χ4v) is 2.84. The van der Waals surface area contributed by atoms with Gasteiger partial charge in [-0.3, -0.25) is 0 Å². The van der Waals surface area contributed by atoms with E-state index in [0.29, 0.717) is 19.0 Å². The second-order valence-electron chi connectivity index (χ2n) is 6.54. The van der Waals surface area contributed by atoms with Gasteiger partial charge in [-0.05, 0) is 56.2 Å². The van der Waals surface area contributed by atoms with E-state index in [4.69, 9.17) is 0 Å². The lowest BCUT2D eigenvalue weighted by atomic mass is 10.2. The normalized spacial score (nSPS) is 11.1. The molecule has 0 saturated carbocycles. The molecule has 3 aromatic rings. The highest BCUT2D eigenvalue weighted by Crippen LogP contribution is 2.11. The summed E-state index contributed by atoms with van der Waals surface area (Å²) in [7, 11) is 0. The van der Waals surface area contributed by atoms with Crippen LogP contribution in [0.3, 0.4) is 0 Å². The predicted octanol–water partition coefficient (Wildman–Crippen LogP) is 3.90. The van der Waals surface area contributed by atoms with Gasteiger partial charge in [0.1, 0.15) is 5.82 Å². The first-order valence-corrected chi connectivity index (χ1v) is 9.30. The lowest BCUT2D eigenvalue weighted by Crippen LogP contribution is -2.36. The van der Waals surface area contributed by atoms with Crippen LogP contribution >= 0.6 is 24.0 Å². The number of halogens is 2. The molecule has 0 saturated heterocycles. The minimum atomic E-state index is -0.241. The molecule has 8 heteroatoms. The van der Waals surface area contributed by atoms with E-state index in [1.54, 1.807) is 6.07 Å². The first-order valence-electron chi connectivity index (χ1n) is 9.30. The van der Waals surface area contributed by atoms with Crippen molar-refractivity contribution >= 4 is 29.9 Å². The van der Waals surface area contributed by atoms with Gasteiger partial charge in [0.15, 0.2) is 11.8 Å². The SMILES string of the molecule is CCNC(=NCc1ccc(-n2nc(C)cc2C)nc1)NCc1cccc(F)c1.I. The minimum absolute atomic E-state index is 0. The number of pyridine rings is 1. The summed E-state index contributed by atoms with van der Waals surface area (Å²) in [5.74, 6) is 1.22. The highest BCUT2D eigenvalue weighted by atomic mass is 127. The molecule has 2 heterocycles. The summed E-state index contributed by atoms with van der Waals surface area (Å²) in [6.45, 7) is 7.70. The van der Waals surface area contributed by atoms with Gasteiger partial charge in [-0.15, -0.1) is 24.0 Å². The molecular weight excluding hydrogens is 482 g/mol. The average molecular weight is 508 g/mol. The number of rotatable bonds is 6. The quantitative estimate of drug-likeness (QED) is 0.301. The van der Waals surface area contributed by atoms with Gasteiger partial charge in [-0.25, -0.2) is 19.0 Å². The number of aryl methyl sites for hydroxylation is 2. The van der Waals surface area contributed by atoms with E-state index in [-0.39, 0.29) is 29.8 Å². The van der Waals surface area contributed by atoms with Crippen LogP contribution in [-0.2, 0) is 13.1 Å². The average Bonchev–Trinajstić information content (AvgIpc) is 3.02. The maximum Gasteiger partial charge on any atom is 0.191 e. The van der Waals surface area contributed by atoms with Crippen LogP contribution in [0.4, 0.5) is 4.39 Å². The molecule has 0 spiro atoms. The van der Waals surface area contributed by atoms with Crippen molar-refractivity contribution in [3.63, 3.8) is 0 Å². The molecule has 3 rings (SSSR count). The van der Waals surface area contributed by atoms with E-state index >= 15 is 0 Å². The number of nitrogens with zero attached hydrogens (tertiary/aromatic N) is 4. The molecule has 0 aliphatic rings. The summed E-state index contributed by atoms with van der Waals surface area (Å²) in [5.41, 5.74) is 3.87. The summed E-state index contributed by atoms with van der Waals surface area (Å²) >= 11 is 0. The Labute approximate surface area is 187 Å². The van der Waals surface area contributed by atoms with Crippen molar-refractivity contribution in [2.45, 2.75) is 33.9 Å². The third kappa shape index (κ3) is 6.52. The Morgan fingerprint density at radius 3 is 2.55 bits per heavy atom. The van der Waals surface area contributed by atoms with Crippen LogP contribution in [0.2, 0.25) is 0 Å². The smallest absolute Gasteiger partial charge is 0.191 e. The lowest BCUT2D eigenvalue weighted by molar-refractivity contribution is 0.624. The number of hydrogen-bond donors (Lipinski definition) is 2. The summed E-state index contributed by atoms with van der Waals surface area (Å²) in [6.07, 6.45) is 1.81. The van der Waals surface area contributed by atoms with Gasteiger partial charge in [-0.2, -0.15) is 5.10 Å². The number of guanidine groups is 1. The van der Waals surface area contributed by atoms with Gasteiger partial charge in [0.05, 0.1) is 12.2 Å². The molecule has 0 radical (unpaired) electrons. The summed E-state index contributed by atoms with van der Waals surface area (Å²) < 4.78 is 15.1. The highest BCUT2D eigenvalue weighted by Gasteiger charge is 2.05. The maximum atomic E-state index is 13.3. The van der Waals surface area contributed by atoms with Gasteiger partial charge >= 0.3 is 0 Å². The van der Waals surface area contributed by atoms with Crippen LogP contribution in [0.1, 0.15) is 29.4 Å². The zero-order chi connectivity index (χ0) is 19.9. The molecule has 29 heavy (non-hydrogen) atoms. The Morgan fingerprint density at radius 2 is 1.93 bits per heavy atom. The Balaban J connectivity index is 0.00000300. The first-order chi connectivity index (χ1) is 13.5. The fraction of sp³-hybridized carbons (Fsp3) is 0.286. The Hall–Kier alpha value is -2.49. The lowest BCUT2D eigenvalue weighted by Gasteiger charge is -2.11. The second kappa shape index (κ2) is 10.9. The molecular formula is C21H26FIN6. The third-order valence-electron chi connectivity index (χ3n) is 4.15. The topological polar surface area (TPSA) is 67.1 Å². The third-order valence-corrected chi connectivity index (χ3v) is 4.15. The van der Waals surface area contributed by atoms with Gasteiger partial charge in [0.2, 0.25) is 0 Å². The maximum absolute atomic E-state index is 13.3. The zero-order valence-electron chi connectivity index (χ0n) is 16.8. The standard InChI is InChI=1S/C21H25FN6.HI/c1-4-23-21(25-12-17-6-5-7-19(22)11-17)26-14-18-8-9-20(24-13-18)28-16(3)10-15(2)27-28;/h5-11,13H,4,12,14H2,1-3H3,(H2,23,25,26);1H. The van der Waals surface area contributed by atoms with Crippen molar-refractivity contribution in [3.05, 3.63) is 77.0 Å². The number of hydrogen-bond acceptors (Lipinski definition) is 3. The Morgan fingerprint density at radius 1 is 1.10 bits per heavy atom. The molecule has 0 bridgehead atoms. The number of aromatic nitrogens is 3. The molecule has 0 aliphatic carbocycles. The zero-order valence-corrected chi connectivity index (χ0v) is 19.1. The molecule has 2 N–H and O–H groups in total. The molecule has 0 aliphatic heterocycles. The van der Waals surface area contributed by atoms with Crippen LogP contribution in [0.15, 0.2) is 53.7 Å². The van der Waals surface area contributed by atoms with E-state index in [1.807, 2.05) is 55.9 Å². The molecule has 1 aromatic carbocycles. The van der Waals surface area contributed by atoms with Crippen LogP contribution in [0, 0.1) is 19.7 Å². The highest BCUT2D eigenvalue weighted by molar-refractivity contribution is 14.0. The minimum Gasteiger partial charge on any atom is -0.357 e. The predicted molar refractivity (Wildman–Crippen MR) is 124 cm³/mol. The Kier molecular flexibility index (Phi) is 8.56. The first kappa shape index (κ1) is 22.8. The van der Waals surface area contributed by atoms with Gasteiger partial charge < -0.3 is 10.6 Å². The monoisotopic (exact) mass is 508 g/mol. The fourth-order valence-electron chi connectivity index (χ4n) is 2.84. The molecule has 2 aromatic heterocycles. The van der Waals surface area contributed by atoms with E-state index in [9.17, 15) is 4.39 Å². The molecule has 154 valence electrons. The Bertz CT molecular complexity index is 952. The van der Waals surface area contributed by atoms with Gasteiger partial charge in [0, 0.05) is 25.0 Å². The number of nitrogens with one attached hydrogen (secondary N) is 2.